The SMILES string of the molecule is CC(C)(C)OC(=O)N=S(C)(=O)c1ccc(C(=O)Nc2cc(C#CC3CC3)ccc2N)cc1. The van der Waals surface area contributed by atoms with E-state index in [0.717, 1.165) is 18.4 Å². The van der Waals surface area contributed by atoms with Crippen molar-refractivity contribution in [2.75, 3.05) is 17.3 Å². The molecular weight excluding hydrogens is 426 g/mol. The van der Waals surface area contributed by atoms with Gasteiger partial charge in [0, 0.05) is 28.2 Å². The van der Waals surface area contributed by atoms with Gasteiger partial charge in [-0.25, -0.2) is 9.00 Å². The fraction of sp³-hybridized carbons (Fsp3) is 0.333. The van der Waals surface area contributed by atoms with Gasteiger partial charge in [0.05, 0.1) is 21.1 Å². The molecule has 1 fully saturated rings. The third kappa shape index (κ3) is 6.59. The second-order valence-corrected chi connectivity index (χ2v) is 11.0. The Bertz CT molecular complexity index is 1220. The molecule has 3 N–H and O–H groups in total. The summed E-state index contributed by atoms with van der Waals surface area (Å²) in [5, 5.41) is 2.79. The van der Waals surface area contributed by atoms with Crippen molar-refractivity contribution in [3.05, 3.63) is 53.6 Å². The summed E-state index contributed by atoms with van der Waals surface area (Å²) in [5.74, 6) is 6.38. The summed E-state index contributed by atoms with van der Waals surface area (Å²) in [7, 11) is -3.02. The lowest BCUT2D eigenvalue weighted by molar-refractivity contribution is 0.0607. The van der Waals surface area contributed by atoms with Gasteiger partial charge in [0.2, 0.25) is 0 Å². The molecule has 2 aromatic rings. The standard InChI is InChI=1S/C24H27N3O4S/c1-24(2,3)31-23(29)27-32(4,30)19-12-10-18(11-13-19)22(28)26-21-15-17(9-14-20(21)25)8-7-16-5-6-16/h9-16H,5-6,25H2,1-4H3,(H,26,28). The monoisotopic (exact) mass is 453 g/mol. The molecular formula is C24H27N3O4S. The van der Waals surface area contributed by atoms with Crippen molar-refractivity contribution in [1.29, 1.82) is 0 Å². The first kappa shape index (κ1) is 23.4. The van der Waals surface area contributed by atoms with Crippen molar-refractivity contribution in [3.8, 4) is 11.8 Å². The van der Waals surface area contributed by atoms with Gasteiger partial charge in [-0.15, -0.1) is 4.36 Å². The number of nitrogens with one attached hydrogen (secondary N) is 1. The van der Waals surface area contributed by atoms with Gasteiger partial charge in [0.25, 0.3) is 5.91 Å². The van der Waals surface area contributed by atoms with Crippen molar-refractivity contribution in [3.63, 3.8) is 0 Å². The maximum absolute atomic E-state index is 12.9. The molecule has 1 saturated carbocycles. The van der Waals surface area contributed by atoms with Crippen LogP contribution >= 0.6 is 0 Å². The van der Waals surface area contributed by atoms with Crippen LogP contribution in [0.5, 0.6) is 0 Å². The van der Waals surface area contributed by atoms with Crippen molar-refractivity contribution in [1.82, 2.24) is 0 Å². The molecule has 1 atom stereocenters. The first-order chi connectivity index (χ1) is 14.9. The van der Waals surface area contributed by atoms with Gasteiger partial charge in [-0.1, -0.05) is 11.8 Å². The Hall–Kier alpha value is -3.31. The zero-order valence-electron chi connectivity index (χ0n) is 18.6. The van der Waals surface area contributed by atoms with Gasteiger partial charge in [-0.3, -0.25) is 4.79 Å². The molecule has 32 heavy (non-hydrogen) atoms. The predicted octanol–water partition coefficient (Wildman–Crippen LogP) is 4.67. The number of carbonyl (C=O) groups excluding carboxylic acids is 2. The molecule has 1 aliphatic rings. The van der Waals surface area contributed by atoms with Gasteiger partial charge in [-0.05, 0) is 76.1 Å². The van der Waals surface area contributed by atoms with E-state index in [1.165, 1.54) is 30.5 Å². The maximum atomic E-state index is 12.9. The molecule has 1 aliphatic carbocycles. The van der Waals surface area contributed by atoms with Gasteiger partial charge in [0.15, 0.2) is 0 Å². The van der Waals surface area contributed by atoms with E-state index in [1.807, 2.05) is 6.07 Å². The number of benzene rings is 2. The molecule has 8 heteroatoms. The second kappa shape index (κ2) is 9.05. The molecule has 0 aliphatic heterocycles. The van der Waals surface area contributed by atoms with Crippen LogP contribution in [0.3, 0.4) is 0 Å². The average molecular weight is 454 g/mol. The third-order valence-electron chi connectivity index (χ3n) is 4.50. The molecule has 0 radical (unpaired) electrons. The Morgan fingerprint density at radius 1 is 1.16 bits per heavy atom. The van der Waals surface area contributed by atoms with E-state index >= 15 is 0 Å². The van der Waals surface area contributed by atoms with Crippen LogP contribution in [0.25, 0.3) is 0 Å². The zero-order chi connectivity index (χ0) is 23.5. The minimum Gasteiger partial charge on any atom is -0.442 e. The average Bonchev–Trinajstić information content (AvgIpc) is 3.51. The number of hydrogen-bond acceptors (Lipinski definition) is 5. The van der Waals surface area contributed by atoms with E-state index < -0.39 is 21.4 Å². The third-order valence-corrected chi connectivity index (χ3v) is 6.14. The number of carbonyl (C=O) groups is 2. The molecule has 0 aromatic heterocycles. The van der Waals surface area contributed by atoms with Crippen LogP contribution in [-0.2, 0) is 14.5 Å². The lowest BCUT2D eigenvalue weighted by Gasteiger charge is -2.17. The van der Waals surface area contributed by atoms with Crippen LogP contribution in [-0.4, -0.2) is 28.1 Å². The molecule has 0 spiro atoms. The van der Waals surface area contributed by atoms with Crippen molar-refractivity contribution < 1.29 is 18.5 Å². The number of hydrogen-bond donors (Lipinski definition) is 2. The van der Waals surface area contributed by atoms with E-state index in [4.69, 9.17) is 10.5 Å². The summed E-state index contributed by atoms with van der Waals surface area (Å²) in [5.41, 5.74) is 7.29. The number of nitrogens with zero attached hydrogens (tertiary/aromatic N) is 1. The van der Waals surface area contributed by atoms with E-state index in [9.17, 15) is 13.8 Å². The number of amides is 2. The summed E-state index contributed by atoms with van der Waals surface area (Å²) in [6.07, 6.45) is 2.72. The fourth-order valence-electron chi connectivity index (χ4n) is 2.68. The van der Waals surface area contributed by atoms with Crippen LogP contribution in [0.2, 0.25) is 0 Å². The lowest BCUT2D eigenvalue weighted by Crippen LogP contribution is -2.22. The van der Waals surface area contributed by atoms with Gasteiger partial charge in [0.1, 0.15) is 5.60 Å². The normalized spacial score (nSPS) is 15.0. The Labute approximate surface area is 188 Å². The van der Waals surface area contributed by atoms with Crippen molar-refractivity contribution in [2.24, 2.45) is 10.3 Å². The van der Waals surface area contributed by atoms with Gasteiger partial charge >= 0.3 is 6.09 Å². The highest BCUT2D eigenvalue weighted by atomic mass is 32.2. The molecule has 0 saturated heterocycles. The number of nitrogens with two attached hydrogens (primary N) is 1. The van der Waals surface area contributed by atoms with E-state index in [2.05, 4.69) is 21.5 Å². The van der Waals surface area contributed by atoms with Crippen LogP contribution in [0.4, 0.5) is 16.2 Å². The van der Waals surface area contributed by atoms with Crippen LogP contribution < -0.4 is 11.1 Å². The van der Waals surface area contributed by atoms with Gasteiger partial charge < -0.3 is 15.8 Å². The minimum atomic E-state index is -3.02. The Balaban J connectivity index is 1.74. The van der Waals surface area contributed by atoms with Crippen molar-refractivity contribution >= 4 is 33.1 Å². The zero-order valence-corrected chi connectivity index (χ0v) is 19.4. The maximum Gasteiger partial charge on any atom is 0.442 e. The van der Waals surface area contributed by atoms with Crippen LogP contribution in [0.1, 0.15) is 49.5 Å². The van der Waals surface area contributed by atoms with Crippen LogP contribution in [0, 0.1) is 17.8 Å². The highest BCUT2D eigenvalue weighted by Gasteiger charge is 2.19. The number of anilines is 2. The van der Waals surface area contributed by atoms with Crippen molar-refractivity contribution in [2.45, 2.75) is 44.1 Å². The smallest absolute Gasteiger partial charge is 0.442 e. The summed E-state index contributed by atoms with van der Waals surface area (Å²) >= 11 is 0. The molecule has 2 aromatic carbocycles. The predicted molar refractivity (Wildman–Crippen MR) is 126 cm³/mol. The first-order valence-electron chi connectivity index (χ1n) is 10.2. The number of rotatable bonds is 3. The molecule has 2 amide bonds. The molecule has 7 nitrogen and oxygen atoms in total. The van der Waals surface area contributed by atoms with E-state index in [1.54, 1.807) is 32.9 Å². The number of nitrogen functional groups attached to an aromatic ring is 1. The molecule has 168 valence electrons. The first-order valence-corrected chi connectivity index (χ1v) is 12.1. The Morgan fingerprint density at radius 2 is 1.81 bits per heavy atom. The van der Waals surface area contributed by atoms with E-state index in [-0.39, 0.29) is 5.91 Å². The Kier molecular flexibility index (Phi) is 6.60. The fourth-order valence-corrected chi connectivity index (χ4v) is 3.75. The molecule has 0 bridgehead atoms. The summed E-state index contributed by atoms with van der Waals surface area (Å²) in [6.45, 7) is 5.11. The Morgan fingerprint density at radius 3 is 2.41 bits per heavy atom. The minimum absolute atomic E-state index is 0.316. The topological polar surface area (TPSA) is 111 Å². The largest absolute Gasteiger partial charge is 0.442 e. The molecule has 0 heterocycles. The van der Waals surface area contributed by atoms with Crippen LogP contribution in [0.15, 0.2) is 51.7 Å². The van der Waals surface area contributed by atoms with Gasteiger partial charge in [-0.2, -0.15) is 0 Å². The molecule has 1 unspecified atom stereocenters. The molecule has 3 rings (SSSR count). The summed E-state index contributed by atoms with van der Waals surface area (Å²) < 4.78 is 21.7. The number of ether oxygens (including phenoxy) is 1. The lowest BCUT2D eigenvalue weighted by atomic mass is 10.1. The van der Waals surface area contributed by atoms with E-state index in [0.29, 0.717) is 27.8 Å². The quantitative estimate of drug-likeness (QED) is 0.518. The highest BCUT2D eigenvalue weighted by molar-refractivity contribution is 7.93. The summed E-state index contributed by atoms with van der Waals surface area (Å²) in [4.78, 5) is 24.9. The second-order valence-electron chi connectivity index (χ2n) is 8.70. The highest BCUT2D eigenvalue weighted by Crippen LogP contribution is 2.28. The summed E-state index contributed by atoms with van der Waals surface area (Å²) in [6, 6.07) is 11.3.